The minimum atomic E-state index is -0.443. The highest BCUT2D eigenvalue weighted by Crippen LogP contribution is 2.19. The van der Waals surface area contributed by atoms with Crippen LogP contribution in [0.5, 0.6) is 5.75 Å². The number of ether oxygens (including phenoxy) is 2. The number of benzene rings is 1. The first-order valence-corrected chi connectivity index (χ1v) is 5.43. The van der Waals surface area contributed by atoms with Crippen molar-refractivity contribution in [2.75, 3.05) is 21.2 Å². The van der Waals surface area contributed by atoms with Gasteiger partial charge in [-0.3, -0.25) is 0 Å². The maximum absolute atomic E-state index is 11.6. The van der Waals surface area contributed by atoms with Crippen molar-refractivity contribution in [3.8, 4) is 5.75 Å². The van der Waals surface area contributed by atoms with Crippen molar-refractivity contribution in [3.05, 3.63) is 41.7 Å². The summed E-state index contributed by atoms with van der Waals surface area (Å²) in [6.07, 6.45) is 1.62. The number of rotatable bonds is 3. The first kappa shape index (κ1) is 12.2. The summed E-state index contributed by atoms with van der Waals surface area (Å²) in [7, 11) is 5.22. The molecule has 1 aromatic carbocycles. The van der Waals surface area contributed by atoms with Crippen LogP contribution in [-0.2, 0) is 9.53 Å². The van der Waals surface area contributed by atoms with Crippen molar-refractivity contribution < 1.29 is 14.3 Å². The second kappa shape index (κ2) is 4.91. The Bertz CT molecular complexity index is 533. The zero-order chi connectivity index (χ0) is 13.1. The molecule has 1 aliphatic heterocycles. The second-order valence-electron chi connectivity index (χ2n) is 4.02. The Balaban J connectivity index is 2.32. The molecule has 0 saturated heterocycles. The largest absolute Gasteiger partial charge is 0.497 e. The van der Waals surface area contributed by atoms with Crippen LogP contribution >= 0.6 is 0 Å². The summed E-state index contributed by atoms with van der Waals surface area (Å²) in [5.41, 5.74) is 1.00. The van der Waals surface area contributed by atoms with Crippen molar-refractivity contribution in [1.82, 2.24) is 4.90 Å². The molecule has 0 fully saturated rings. The molecule has 1 aromatic rings. The lowest BCUT2D eigenvalue weighted by Gasteiger charge is -2.02. The molecule has 0 aliphatic carbocycles. The predicted molar refractivity (Wildman–Crippen MR) is 67.4 cm³/mol. The Kier molecular flexibility index (Phi) is 3.32. The lowest BCUT2D eigenvalue weighted by molar-refractivity contribution is -0.130. The van der Waals surface area contributed by atoms with Gasteiger partial charge in [0.15, 0.2) is 5.70 Å². The molecule has 1 heterocycles. The third kappa shape index (κ3) is 2.51. The van der Waals surface area contributed by atoms with Gasteiger partial charge in [-0.05, 0) is 18.2 Å². The van der Waals surface area contributed by atoms with Gasteiger partial charge in [0.05, 0.1) is 7.11 Å². The Morgan fingerprint density at radius 2 is 2.17 bits per heavy atom. The highest BCUT2D eigenvalue weighted by atomic mass is 16.6. The summed E-state index contributed by atoms with van der Waals surface area (Å²) in [5.74, 6) is 0.546. The molecule has 94 valence electrons. The Morgan fingerprint density at radius 1 is 1.39 bits per heavy atom. The van der Waals surface area contributed by atoms with Crippen molar-refractivity contribution in [2.45, 2.75) is 0 Å². The molecule has 1 aliphatic rings. The van der Waals surface area contributed by atoms with E-state index in [4.69, 9.17) is 9.47 Å². The number of aliphatic imine (C=N–C) groups is 1. The second-order valence-corrected chi connectivity index (χ2v) is 4.02. The lowest BCUT2D eigenvalue weighted by atomic mass is 10.2. The van der Waals surface area contributed by atoms with E-state index in [9.17, 15) is 4.79 Å². The zero-order valence-corrected chi connectivity index (χ0v) is 10.5. The number of carbonyl (C=O) groups is 1. The molecule has 0 bridgehead atoms. The first-order valence-electron chi connectivity index (χ1n) is 5.43. The van der Waals surface area contributed by atoms with Crippen LogP contribution < -0.4 is 4.74 Å². The van der Waals surface area contributed by atoms with Gasteiger partial charge in [-0.1, -0.05) is 6.07 Å². The van der Waals surface area contributed by atoms with Crippen LogP contribution in [0.1, 0.15) is 5.56 Å². The summed E-state index contributed by atoms with van der Waals surface area (Å²) in [5, 5.41) is 0. The average molecular weight is 246 g/mol. The van der Waals surface area contributed by atoms with E-state index in [1.165, 1.54) is 0 Å². The summed E-state index contributed by atoms with van der Waals surface area (Å²) in [6, 6.07) is 7.22. The summed E-state index contributed by atoms with van der Waals surface area (Å²) >= 11 is 0. The Labute approximate surface area is 105 Å². The van der Waals surface area contributed by atoms with Gasteiger partial charge in [-0.2, -0.15) is 0 Å². The van der Waals surface area contributed by atoms with Crippen LogP contribution in [-0.4, -0.2) is 38.0 Å². The fourth-order valence-electron chi connectivity index (χ4n) is 1.52. The minimum absolute atomic E-state index is 0.290. The number of nitrogens with zero attached hydrogens (tertiary/aromatic N) is 2. The quantitative estimate of drug-likeness (QED) is 0.597. The van der Waals surface area contributed by atoms with Gasteiger partial charge in [0.2, 0.25) is 5.90 Å². The van der Waals surface area contributed by atoms with Crippen molar-refractivity contribution in [1.29, 1.82) is 0 Å². The fourth-order valence-corrected chi connectivity index (χ4v) is 1.52. The van der Waals surface area contributed by atoms with Gasteiger partial charge < -0.3 is 14.4 Å². The van der Waals surface area contributed by atoms with E-state index in [2.05, 4.69) is 4.99 Å². The summed E-state index contributed by atoms with van der Waals surface area (Å²) < 4.78 is 10.2. The van der Waals surface area contributed by atoms with E-state index in [0.29, 0.717) is 17.2 Å². The number of carbonyl (C=O) groups excluding carboxylic acids is 1. The fraction of sp³-hybridized carbons (Fsp3) is 0.231. The molecule has 0 aromatic heterocycles. The van der Waals surface area contributed by atoms with Gasteiger partial charge >= 0.3 is 5.97 Å². The molecule has 0 amide bonds. The minimum Gasteiger partial charge on any atom is -0.497 e. The standard InChI is InChI=1S/C13H14N2O3/c1-15(2)8-11-13(16)18-12(14-11)9-5-4-6-10(7-9)17-3/h4-8H,1-3H3. The third-order valence-electron chi connectivity index (χ3n) is 2.32. The van der Waals surface area contributed by atoms with E-state index < -0.39 is 5.97 Å². The molecule has 0 radical (unpaired) electrons. The molecule has 18 heavy (non-hydrogen) atoms. The molecule has 0 atom stereocenters. The Morgan fingerprint density at radius 3 is 2.83 bits per heavy atom. The number of esters is 1. The van der Waals surface area contributed by atoms with Gasteiger partial charge in [-0.25, -0.2) is 9.79 Å². The van der Waals surface area contributed by atoms with E-state index in [-0.39, 0.29) is 5.70 Å². The molecular weight excluding hydrogens is 232 g/mol. The average Bonchev–Trinajstić information content (AvgIpc) is 2.70. The molecule has 2 rings (SSSR count). The highest BCUT2D eigenvalue weighted by molar-refractivity contribution is 6.11. The highest BCUT2D eigenvalue weighted by Gasteiger charge is 2.24. The SMILES string of the molecule is COc1cccc(C2=NC(=CN(C)C)C(=O)O2)c1. The topological polar surface area (TPSA) is 51.1 Å². The number of hydrogen-bond donors (Lipinski definition) is 0. The lowest BCUT2D eigenvalue weighted by Crippen LogP contribution is -2.08. The molecular formula is C13H14N2O3. The Hall–Kier alpha value is -2.30. The van der Waals surface area contributed by atoms with Crippen LogP contribution in [0.25, 0.3) is 0 Å². The number of hydrogen-bond acceptors (Lipinski definition) is 5. The van der Waals surface area contributed by atoms with Crippen molar-refractivity contribution >= 4 is 11.9 Å². The van der Waals surface area contributed by atoms with Gasteiger partial charge in [-0.15, -0.1) is 0 Å². The molecule has 0 N–H and O–H groups in total. The summed E-state index contributed by atoms with van der Waals surface area (Å²) in [4.78, 5) is 17.5. The smallest absolute Gasteiger partial charge is 0.365 e. The van der Waals surface area contributed by atoms with Crippen molar-refractivity contribution in [2.24, 2.45) is 4.99 Å². The molecule has 5 nitrogen and oxygen atoms in total. The molecule has 0 spiro atoms. The van der Waals surface area contributed by atoms with Gasteiger partial charge in [0.1, 0.15) is 5.75 Å². The van der Waals surface area contributed by atoms with E-state index in [1.54, 1.807) is 24.3 Å². The van der Waals surface area contributed by atoms with E-state index in [1.807, 2.05) is 32.3 Å². The molecule has 0 unspecified atom stereocenters. The monoisotopic (exact) mass is 246 g/mol. The van der Waals surface area contributed by atoms with Gasteiger partial charge in [0.25, 0.3) is 0 Å². The first-order chi connectivity index (χ1) is 8.60. The van der Waals surface area contributed by atoms with Crippen LogP contribution in [0, 0.1) is 0 Å². The van der Waals surface area contributed by atoms with Crippen LogP contribution in [0.4, 0.5) is 0 Å². The third-order valence-corrected chi connectivity index (χ3v) is 2.32. The van der Waals surface area contributed by atoms with Crippen molar-refractivity contribution in [3.63, 3.8) is 0 Å². The van der Waals surface area contributed by atoms with E-state index >= 15 is 0 Å². The normalized spacial score (nSPS) is 16.5. The van der Waals surface area contributed by atoms with Crippen LogP contribution in [0.2, 0.25) is 0 Å². The molecule has 0 saturated carbocycles. The van der Waals surface area contributed by atoms with E-state index in [0.717, 1.165) is 0 Å². The maximum atomic E-state index is 11.6. The number of methoxy groups -OCH3 is 1. The maximum Gasteiger partial charge on any atom is 0.365 e. The van der Waals surface area contributed by atoms with Crippen LogP contribution in [0.15, 0.2) is 41.2 Å². The van der Waals surface area contributed by atoms with Crippen LogP contribution in [0.3, 0.4) is 0 Å². The molecule has 5 heteroatoms. The van der Waals surface area contributed by atoms with Gasteiger partial charge in [0, 0.05) is 25.9 Å². The number of cyclic esters (lactones) is 1. The zero-order valence-electron chi connectivity index (χ0n) is 10.5. The summed E-state index contributed by atoms with van der Waals surface area (Å²) in [6.45, 7) is 0. The predicted octanol–water partition coefficient (Wildman–Crippen LogP) is 1.40.